The van der Waals surface area contributed by atoms with E-state index in [0.717, 1.165) is 26.4 Å². The number of benzene rings is 2. The maximum Gasteiger partial charge on any atom is 0.114 e. The number of para-hydroxylation sites is 1. The fourth-order valence-electron chi connectivity index (χ4n) is 4.26. The molecule has 5 atom stereocenters. The van der Waals surface area contributed by atoms with Gasteiger partial charge in [-0.25, -0.2) is 4.98 Å². The minimum Gasteiger partial charge on any atom is -0.394 e. The summed E-state index contributed by atoms with van der Waals surface area (Å²) >= 11 is 1.62. The smallest absolute Gasteiger partial charge is 0.114 e. The van der Waals surface area contributed by atoms with Gasteiger partial charge >= 0.3 is 0 Å². The highest BCUT2D eigenvalue weighted by Gasteiger charge is 2.44. The Morgan fingerprint density at radius 3 is 2.47 bits per heavy atom. The van der Waals surface area contributed by atoms with Gasteiger partial charge in [0.15, 0.2) is 0 Å². The van der Waals surface area contributed by atoms with Crippen molar-refractivity contribution in [2.45, 2.75) is 37.1 Å². The van der Waals surface area contributed by atoms with E-state index in [2.05, 4.69) is 17.1 Å². The Morgan fingerprint density at radius 2 is 1.69 bits per heavy atom. The molecule has 1 fully saturated rings. The summed E-state index contributed by atoms with van der Waals surface area (Å²) in [5.41, 5.74) is 2.75. The highest BCUT2D eigenvalue weighted by Crippen LogP contribution is 2.37. The van der Waals surface area contributed by atoms with Gasteiger partial charge in [-0.1, -0.05) is 48.5 Å². The molecule has 0 spiro atoms. The second kappa shape index (κ2) is 8.74. The van der Waals surface area contributed by atoms with Gasteiger partial charge in [-0.15, -0.1) is 11.3 Å². The molecule has 4 aromatic rings. The lowest BCUT2D eigenvalue weighted by Gasteiger charge is -2.40. The average Bonchev–Trinajstić information content (AvgIpc) is 3.44. The lowest BCUT2D eigenvalue weighted by atomic mass is 9.91. The van der Waals surface area contributed by atoms with Gasteiger partial charge in [0, 0.05) is 28.9 Å². The van der Waals surface area contributed by atoms with Crippen LogP contribution in [0.1, 0.15) is 16.7 Å². The van der Waals surface area contributed by atoms with Crippen molar-refractivity contribution in [3.05, 3.63) is 77.6 Å². The standard InChI is InChI=1S/C24H24N2O5S/c27-13-18-21(28)22(29)23(30)24(31-18)16-11-26(17-9-5-4-8-15(16)17)12-20-25-10-19(32-20)14-6-2-1-3-7-14/h1-11,18,21-24,27-30H,12-13H2/t18-,21-,22+,23-,24+/m1/s1. The minimum absolute atomic E-state index is 0.457. The Hall–Kier alpha value is -2.59. The van der Waals surface area contributed by atoms with Gasteiger partial charge in [-0.2, -0.15) is 0 Å². The van der Waals surface area contributed by atoms with Gasteiger partial charge in [0.1, 0.15) is 35.5 Å². The molecule has 4 N–H and O–H groups in total. The summed E-state index contributed by atoms with van der Waals surface area (Å²) in [6.07, 6.45) is -2.19. The van der Waals surface area contributed by atoms with Crippen molar-refractivity contribution in [2.75, 3.05) is 6.61 Å². The highest BCUT2D eigenvalue weighted by atomic mass is 32.1. The number of hydrogen-bond acceptors (Lipinski definition) is 7. The number of fused-ring (bicyclic) bond motifs is 1. The van der Waals surface area contributed by atoms with Crippen molar-refractivity contribution in [1.82, 2.24) is 9.55 Å². The molecule has 2 aromatic carbocycles. The molecule has 166 valence electrons. The highest BCUT2D eigenvalue weighted by molar-refractivity contribution is 7.15. The second-order valence-electron chi connectivity index (χ2n) is 7.96. The number of aliphatic hydroxyl groups is 4. The summed E-state index contributed by atoms with van der Waals surface area (Å²) in [4.78, 5) is 5.68. The van der Waals surface area contributed by atoms with E-state index in [4.69, 9.17) is 4.74 Å². The van der Waals surface area contributed by atoms with Crippen molar-refractivity contribution in [3.63, 3.8) is 0 Å². The van der Waals surface area contributed by atoms with E-state index < -0.39 is 37.1 Å². The van der Waals surface area contributed by atoms with Crippen LogP contribution in [0.3, 0.4) is 0 Å². The van der Waals surface area contributed by atoms with E-state index in [1.54, 1.807) is 11.3 Å². The van der Waals surface area contributed by atoms with E-state index in [0.29, 0.717) is 12.1 Å². The van der Waals surface area contributed by atoms with Gasteiger partial charge in [0.2, 0.25) is 0 Å². The Labute approximate surface area is 188 Å². The van der Waals surface area contributed by atoms with Crippen LogP contribution in [0, 0.1) is 0 Å². The number of rotatable bonds is 5. The zero-order valence-electron chi connectivity index (χ0n) is 17.2. The predicted molar refractivity (Wildman–Crippen MR) is 121 cm³/mol. The number of hydrogen-bond donors (Lipinski definition) is 4. The molecule has 0 bridgehead atoms. The van der Waals surface area contributed by atoms with Crippen molar-refractivity contribution < 1.29 is 25.2 Å². The lowest BCUT2D eigenvalue weighted by Crippen LogP contribution is -2.55. The van der Waals surface area contributed by atoms with Crippen LogP contribution in [0.25, 0.3) is 21.3 Å². The first-order valence-electron chi connectivity index (χ1n) is 10.4. The number of nitrogens with zero attached hydrogens (tertiary/aromatic N) is 2. The molecule has 32 heavy (non-hydrogen) atoms. The van der Waals surface area contributed by atoms with E-state index in [-0.39, 0.29) is 0 Å². The van der Waals surface area contributed by atoms with E-state index >= 15 is 0 Å². The third-order valence-corrected chi connectivity index (χ3v) is 6.97. The van der Waals surface area contributed by atoms with E-state index in [9.17, 15) is 20.4 Å². The number of aromatic nitrogens is 2. The molecule has 0 saturated carbocycles. The van der Waals surface area contributed by atoms with Crippen molar-refractivity contribution in [1.29, 1.82) is 0 Å². The van der Waals surface area contributed by atoms with Gasteiger partial charge in [-0.3, -0.25) is 0 Å². The monoisotopic (exact) mass is 452 g/mol. The average molecular weight is 453 g/mol. The molecular weight excluding hydrogens is 428 g/mol. The summed E-state index contributed by atoms with van der Waals surface area (Å²) in [5, 5.41) is 42.4. The summed E-state index contributed by atoms with van der Waals surface area (Å²) in [7, 11) is 0. The molecule has 2 aromatic heterocycles. The summed E-state index contributed by atoms with van der Waals surface area (Å²) in [6.45, 7) is 0.0803. The maximum atomic E-state index is 10.6. The molecule has 5 rings (SSSR count). The second-order valence-corrected chi connectivity index (χ2v) is 9.08. The lowest BCUT2D eigenvalue weighted by molar-refractivity contribution is -0.231. The van der Waals surface area contributed by atoms with Gasteiger partial charge in [-0.05, 0) is 11.6 Å². The summed E-state index contributed by atoms with van der Waals surface area (Å²) in [5.74, 6) is 0. The Balaban J connectivity index is 1.49. The first-order chi connectivity index (χ1) is 15.6. The van der Waals surface area contributed by atoms with Gasteiger partial charge in [0.25, 0.3) is 0 Å². The first-order valence-corrected chi connectivity index (χ1v) is 11.3. The van der Waals surface area contributed by atoms with Crippen LogP contribution in [0.5, 0.6) is 0 Å². The number of ether oxygens (including phenoxy) is 1. The van der Waals surface area contributed by atoms with Crippen LogP contribution >= 0.6 is 11.3 Å². The Morgan fingerprint density at radius 1 is 0.938 bits per heavy atom. The Bertz CT molecular complexity index is 1210. The molecule has 7 nitrogen and oxygen atoms in total. The third kappa shape index (κ3) is 3.75. The van der Waals surface area contributed by atoms with E-state index in [1.807, 2.05) is 59.4 Å². The van der Waals surface area contributed by atoms with Gasteiger partial charge < -0.3 is 29.7 Å². The number of thiazole rings is 1. The van der Waals surface area contributed by atoms with Gasteiger partial charge in [0.05, 0.1) is 18.0 Å². The van der Waals surface area contributed by atoms with Crippen LogP contribution in [-0.2, 0) is 11.3 Å². The van der Waals surface area contributed by atoms with E-state index in [1.165, 1.54) is 0 Å². The zero-order chi connectivity index (χ0) is 22.2. The van der Waals surface area contributed by atoms with Crippen LogP contribution in [-0.4, -0.2) is 61.0 Å². The molecule has 8 heteroatoms. The summed E-state index contributed by atoms with van der Waals surface area (Å²) in [6, 6.07) is 17.8. The van der Waals surface area contributed by atoms with Crippen LogP contribution in [0.2, 0.25) is 0 Å². The molecule has 0 amide bonds. The molecule has 3 heterocycles. The Kier molecular flexibility index (Phi) is 5.81. The predicted octanol–water partition coefficient (Wildman–Crippen LogP) is 2.33. The van der Waals surface area contributed by atoms with Crippen molar-refractivity contribution in [2.24, 2.45) is 0 Å². The number of aliphatic hydroxyl groups excluding tert-OH is 4. The SMILES string of the molecule is OC[C@H]1O[C@@H](c2cn(Cc3ncc(-c4ccccc4)s3)c3ccccc23)[C@H](O)[C@@H](O)[C@@H]1O. The first kappa shape index (κ1) is 21.3. The maximum absolute atomic E-state index is 10.6. The summed E-state index contributed by atoms with van der Waals surface area (Å²) < 4.78 is 7.86. The fraction of sp³-hybridized carbons (Fsp3) is 0.292. The zero-order valence-corrected chi connectivity index (χ0v) is 18.0. The normalized spacial score (nSPS) is 25.9. The fourth-order valence-corrected chi connectivity index (χ4v) is 5.18. The minimum atomic E-state index is -1.42. The van der Waals surface area contributed by atoms with Crippen molar-refractivity contribution >= 4 is 22.2 Å². The van der Waals surface area contributed by atoms with Crippen LogP contribution < -0.4 is 0 Å². The quantitative estimate of drug-likeness (QED) is 0.370. The molecule has 0 radical (unpaired) electrons. The molecular formula is C24H24N2O5S. The van der Waals surface area contributed by atoms with Crippen molar-refractivity contribution in [3.8, 4) is 10.4 Å². The molecule has 1 aliphatic rings. The molecule has 0 unspecified atom stereocenters. The van der Waals surface area contributed by atoms with Crippen LogP contribution in [0.4, 0.5) is 0 Å². The topological polar surface area (TPSA) is 108 Å². The van der Waals surface area contributed by atoms with Crippen LogP contribution in [0.15, 0.2) is 67.0 Å². The molecule has 1 aliphatic heterocycles. The largest absolute Gasteiger partial charge is 0.394 e. The molecule has 0 aliphatic carbocycles. The molecule has 1 saturated heterocycles. The third-order valence-electron chi connectivity index (χ3n) is 5.94.